The smallest absolute Gasteiger partial charge is 0.306 e. The van der Waals surface area contributed by atoms with Gasteiger partial charge in [0.15, 0.2) is 0 Å². The molecule has 0 radical (unpaired) electrons. The van der Waals surface area contributed by atoms with E-state index in [1.54, 1.807) is 0 Å². The third kappa shape index (κ3) is 35.1. The van der Waals surface area contributed by atoms with Gasteiger partial charge in [-0.05, 0) is 32.6 Å². The molecule has 42 heavy (non-hydrogen) atoms. The summed E-state index contributed by atoms with van der Waals surface area (Å²) in [5, 5.41) is 8.64. The van der Waals surface area contributed by atoms with E-state index in [1.165, 1.54) is 154 Å². The molecular formula is C38H74O4. The molecule has 0 bridgehead atoms. The maximum atomic E-state index is 12.1. The molecule has 0 aromatic carbocycles. The van der Waals surface area contributed by atoms with Crippen LogP contribution in [-0.4, -0.2) is 23.1 Å². The summed E-state index contributed by atoms with van der Waals surface area (Å²) >= 11 is 0. The Morgan fingerprint density at radius 3 is 1.07 bits per heavy atom. The normalized spacial score (nSPS) is 12.0. The first-order chi connectivity index (χ1) is 20.6. The lowest BCUT2D eigenvalue weighted by Gasteiger charge is -2.13. The van der Waals surface area contributed by atoms with Crippen molar-refractivity contribution in [2.45, 2.75) is 232 Å². The van der Waals surface area contributed by atoms with E-state index in [0.29, 0.717) is 12.8 Å². The Morgan fingerprint density at radius 2 is 0.738 bits per heavy atom. The summed E-state index contributed by atoms with van der Waals surface area (Å²) in [4.78, 5) is 22.6. The first-order valence-electron chi connectivity index (χ1n) is 19.0. The van der Waals surface area contributed by atoms with Gasteiger partial charge in [0.1, 0.15) is 0 Å². The van der Waals surface area contributed by atoms with Crippen LogP contribution in [0.1, 0.15) is 226 Å². The van der Waals surface area contributed by atoms with Gasteiger partial charge in [0, 0.05) is 12.8 Å². The number of rotatable bonds is 35. The van der Waals surface area contributed by atoms with Gasteiger partial charge in [-0.1, -0.05) is 180 Å². The van der Waals surface area contributed by atoms with E-state index >= 15 is 0 Å². The summed E-state index contributed by atoms with van der Waals surface area (Å²) < 4.78 is 5.61. The zero-order valence-electron chi connectivity index (χ0n) is 28.6. The minimum absolute atomic E-state index is 0.0109. The molecule has 0 aromatic heterocycles. The van der Waals surface area contributed by atoms with Crippen LogP contribution in [0.15, 0.2) is 0 Å². The number of carbonyl (C=O) groups is 2. The molecule has 0 saturated heterocycles. The van der Waals surface area contributed by atoms with E-state index < -0.39 is 5.97 Å². The van der Waals surface area contributed by atoms with Crippen LogP contribution in [0, 0.1) is 0 Å². The Labute approximate surface area is 262 Å². The molecule has 1 atom stereocenters. The van der Waals surface area contributed by atoms with Crippen molar-refractivity contribution in [2.75, 3.05) is 0 Å². The molecule has 0 aliphatic carbocycles. The van der Waals surface area contributed by atoms with Crippen LogP contribution in [-0.2, 0) is 14.3 Å². The van der Waals surface area contributed by atoms with Gasteiger partial charge in [0.05, 0.1) is 6.10 Å². The van der Waals surface area contributed by atoms with Gasteiger partial charge >= 0.3 is 11.9 Å². The van der Waals surface area contributed by atoms with Crippen LogP contribution in [0.2, 0.25) is 0 Å². The average Bonchev–Trinajstić information content (AvgIpc) is 2.96. The maximum Gasteiger partial charge on any atom is 0.306 e. The zero-order valence-corrected chi connectivity index (χ0v) is 28.6. The highest BCUT2D eigenvalue weighted by molar-refractivity contribution is 5.69. The maximum absolute atomic E-state index is 12.1. The molecule has 0 saturated carbocycles. The molecule has 0 spiro atoms. The molecule has 0 aliphatic rings. The zero-order chi connectivity index (χ0) is 30.8. The molecule has 0 rings (SSSR count). The number of hydrogen-bond acceptors (Lipinski definition) is 3. The number of esters is 1. The molecule has 1 N–H and O–H groups in total. The quantitative estimate of drug-likeness (QED) is 0.0585. The molecule has 250 valence electrons. The Kier molecular flexibility index (Phi) is 33.6. The number of ether oxygens (including phenoxy) is 1. The van der Waals surface area contributed by atoms with Crippen LogP contribution in [0.5, 0.6) is 0 Å². The Bertz CT molecular complexity index is 561. The number of aliphatic carboxylic acids is 1. The fraction of sp³-hybridized carbons (Fsp3) is 0.947. The van der Waals surface area contributed by atoms with Crippen molar-refractivity contribution >= 4 is 11.9 Å². The van der Waals surface area contributed by atoms with Crippen LogP contribution in [0.3, 0.4) is 0 Å². The van der Waals surface area contributed by atoms with E-state index in [1.807, 2.05) is 6.92 Å². The van der Waals surface area contributed by atoms with E-state index in [0.717, 1.165) is 44.9 Å². The number of unbranched alkanes of at least 4 members (excludes halogenated alkanes) is 28. The molecule has 0 aromatic rings. The van der Waals surface area contributed by atoms with Gasteiger partial charge in [-0.25, -0.2) is 0 Å². The molecule has 0 heterocycles. The second-order valence-corrected chi connectivity index (χ2v) is 13.2. The number of carbonyl (C=O) groups excluding carboxylic acids is 1. The fourth-order valence-corrected chi connectivity index (χ4v) is 5.99. The highest BCUT2D eigenvalue weighted by Crippen LogP contribution is 2.16. The summed E-state index contributed by atoms with van der Waals surface area (Å²) in [6.07, 6.45) is 41.2. The Morgan fingerprint density at radius 1 is 0.452 bits per heavy atom. The minimum Gasteiger partial charge on any atom is -0.481 e. The third-order valence-corrected chi connectivity index (χ3v) is 8.82. The van der Waals surface area contributed by atoms with Gasteiger partial charge in [-0.15, -0.1) is 0 Å². The van der Waals surface area contributed by atoms with Crippen LogP contribution >= 0.6 is 0 Å². The number of carboxylic acid groups (broad SMARTS) is 1. The Balaban J connectivity index is 3.25. The highest BCUT2D eigenvalue weighted by atomic mass is 16.5. The summed E-state index contributed by atoms with van der Waals surface area (Å²) in [5.74, 6) is -0.691. The molecule has 4 nitrogen and oxygen atoms in total. The van der Waals surface area contributed by atoms with Crippen molar-refractivity contribution in [2.24, 2.45) is 0 Å². The van der Waals surface area contributed by atoms with Crippen LogP contribution < -0.4 is 0 Å². The van der Waals surface area contributed by atoms with Crippen LogP contribution in [0.25, 0.3) is 0 Å². The monoisotopic (exact) mass is 595 g/mol. The summed E-state index contributed by atoms with van der Waals surface area (Å²) in [6, 6.07) is 0. The predicted octanol–water partition coefficient (Wildman–Crippen LogP) is 12.9. The van der Waals surface area contributed by atoms with Gasteiger partial charge in [0.2, 0.25) is 0 Å². The number of hydrogen-bond donors (Lipinski definition) is 1. The topological polar surface area (TPSA) is 63.6 Å². The van der Waals surface area contributed by atoms with E-state index in [9.17, 15) is 9.59 Å². The van der Waals surface area contributed by atoms with Gasteiger partial charge in [-0.2, -0.15) is 0 Å². The fourth-order valence-electron chi connectivity index (χ4n) is 5.99. The summed E-state index contributed by atoms with van der Waals surface area (Å²) in [6.45, 7) is 4.33. The molecular weight excluding hydrogens is 520 g/mol. The highest BCUT2D eigenvalue weighted by Gasteiger charge is 2.09. The van der Waals surface area contributed by atoms with Gasteiger partial charge in [-0.3, -0.25) is 9.59 Å². The average molecular weight is 595 g/mol. The summed E-state index contributed by atoms with van der Waals surface area (Å²) in [7, 11) is 0. The molecule has 0 amide bonds. The van der Waals surface area contributed by atoms with E-state index in [-0.39, 0.29) is 12.1 Å². The number of carboxylic acids is 1. The van der Waals surface area contributed by atoms with Crippen molar-refractivity contribution in [1.29, 1.82) is 0 Å². The van der Waals surface area contributed by atoms with Crippen molar-refractivity contribution in [3.8, 4) is 0 Å². The predicted molar refractivity (Wildman–Crippen MR) is 181 cm³/mol. The first kappa shape index (κ1) is 40.9. The summed E-state index contributed by atoms with van der Waals surface area (Å²) in [5.41, 5.74) is 0. The largest absolute Gasteiger partial charge is 0.481 e. The molecule has 4 heteroatoms. The lowest BCUT2D eigenvalue weighted by atomic mass is 10.0. The SMILES string of the molecule is CCCCCCCCCCCCCCCCCCCCCCCC(=O)OC(C)CCCCCCCCCCCC(=O)O. The van der Waals surface area contributed by atoms with Crippen LogP contribution in [0.4, 0.5) is 0 Å². The van der Waals surface area contributed by atoms with Gasteiger partial charge in [0.25, 0.3) is 0 Å². The van der Waals surface area contributed by atoms with E-state index in [2.05, 4.69) is 6.92 Å². The van der Waals surface area contributed by atoms with Crippen molar-refractivity contribution in [3.05, 3.63) is 0 Å². The third-order valence-electron chi connectivity index (χ3n) is 8.82. The Hall–Kier alpha value is -1.06. The van der Waals surface area contributed by atoms with Crippen molar-refractivity contribution in [1.82, 2.24) is 0 Å². The van der Waals surface area contributed by atoms with E-state index in [4.69, 9.17) is 9.84 Å². The molecule has 1 unspecified atom stereocenters. The molecule has 0 aliphatic heterocycles. The van der Waals surface area contributed by atoms with Crippen molar-refractivity contribution in [3.63, 3.8) is 0 Å². The first-order valence-corrected chi connectivity index (χ1v) is 19.0. The lowest BCUT2D eigenvalue weighted by molar-refractivity contribution is -0.148. The standard InChI is InChI=1S/C38H74O4/c1-3-4-5-6-7-8-9-10-11-12-13-14-15-16-17-18-19-23-26-29-32-35-38(41)42-36(2)33-30-27-24-21-20-22-25-28-31-34-37(39)40/h36H,3-35H2,1-2H3,(H,39,40). The second-order valence-electron chi connectivity index (χ2n) is 13.2. The lowest BCUT2D eigenvalue weighted by Crippen LogP contribution is -2.14. The second kappa shape index (κ2) is 34.4. The minimum atomic E-state index is -0.680. The van der Waals surface area contributed by atoms with Crippen molar-refractivity contribution < 1.29 is 19.4 Å². The van der Waals surface area contributed by atoms with Gasteiger partial charge < -0.3 is 9.84 Å². The molecule has 0 fully saturated rings.